The van der Waals surface area contributed by atoms with Crippen molar-refractivity contribution in [2.75, 3.05) is 11.0 Å². The molecule has 0 amide bonds. The Kier molecular flexibility index (Phi) is 3.64. The molecule has 1 aromatic rings. The van der Waals surface area contributed by atoms with Crippen LogP contribution in [0.3, 0.4) is 0 Å². The molecule has 0 aromatic heterocycles. The van der Waals surface area contributed by atoms with Crippen molar-refractivity contribution >= 4 is 15.7 Å². The summed E-state index contributed by atoms with van der Waals surface area (Å²) in [6, 6.07) is 4.25. The predicted molar refractivity (Wildman–Crippen MR) is 62.3 cm³/mol. The molecule has 1 aromatic carbocycles. The van der Waals surface area contributed by atoms with Crippen LogP contribution < -0.4 is 9.46 Å². The Balaban J connectivity index is 2.98. The molecule has 0 spiro atoms. The van der Waals surface area contributed by atoms with Crippen LogP contribution in [-0.4, -0.2) is 25.9 Å². The van der Waals surface area contributed by atoms with Crippen molar-refractivity contribution in [3.05, 3.63) is 18.2 Å². The summed E-state index contributed by atoms with van der Waals surface area (Å²) in [5, 5.41) is 9.39. The van der Waals surface area contributed by atoms with Gasteiger partial charge in [0, 0.05) is 18.2 Å². The van der Waals surface area contributed by atoms with E-state index in [9.17, 15) is 13.5 Å². The average Bonchev–Trinajstić information content (AvgIpc) is 1.96. The molecular weight excluding hydrogens is 230 g/mol. The van der Waals surface area contributed by atoms with Crippen LogP contribution in [0.4, 0.5) is 5.69 Å². The van der Waals surface area contributed by atoms with Crippen LogP contribution in [0.1, 0.15) is 13.8 Å². The van der Waals surface area contributed by atoms with Crippen molar-refractivity contribution in [3.63, 3.8) is 0 Å². The second kappa shape index (κ2) is 4.61. The van der Waals surface area contributed by atoms with Gasteiger partial charge in [0.05, 0.1) is 18.0 Å². The summed E-state index contributed by atoms with van der Waals surface area (Å²) in [6.07, 6.45) is 0.993. The topological polar surface area (TPSA) is 75.6 Å². The van der Waals surface area contributed by atoms with Crippen LogP contribution in [0.2, 0.25) is 0 Å². The van der Waals surface area contributed by atoms with E-state index >= 15 is 0 Å². The SMILES string of the molecule is CC(C)Oc1cc(O)cc(NS(C)(=O)=O)c1. The molecule has 0 heterocycles. The zero-order valence-electron chi connectivity index (χ0n) is 9.39. The summed E-state index contributed by atoms with van der Waals surface area (Å²) in [5.74, 6) is 0.366. The van der Waals surface area contributed by atoms with Crippen molar-refractivity contribution in [3.8, 4) is 11.5 Å². The van der Waals surface area contributed by atoms with Gasteiger partial charge in [-0.3, -0.25) is 4.72 Å². The van der Waals surface area contributed by atoms with Gasteiger partial charge < -0.3 is 9.84 Å². The molecule has 0 unspecified atom stereocenters. The van der Waals surface area contributed by atoms with Crippen molar-refractivity contribution in [1.82, 2.24) is 0 Å². The summed E-state index contributed by atoms with van der Waals surface area (Å²) in [5.41, 5.74) is 0.276. The number of nitrogens with one attached hydrogen (secondary N) is 1. The first-order valence-electron chi connectivity index (χ1n) is 4.75. The highest BCUT2D eigenvalue weighted by molar-refractivity contribution is 7.92. The molecule has 0 radical (unpaired) electrons. The van der Waals surface area contributed by atoms with Gasteiger partial charge >= 0.3 is 0 Å². The minimum absolute atomic E-state index is 0.0483. The number of ether oxygens (including phenoxy) is 1. The van der Waals surface area contributed by atoms with Gasteiger partial charge in [0.25, 0.3) is 0 Å². The standard InChI is InChI=1S/C10H15NO4S/c1-7(2)15-10-5-8(4-9(12)6-10)11-16(3,13)14/h4-7,11-12H,1-3H3. The molecule has 0 fully saturated rings. The van der Waals surface area contributed by atoms with Gasteiger partial charge in [-0.15, -0.1) is 0 Å². The molecule has 5 nitrogen and oxygen atoms in total. The number of hydrogen-bond donors (Lipinski definition) is 2. The monoisotopic (exact) mass is 245 g/mol. The Morgan fingerprint density at radius 1 is 1.31 bits per heavy atom. The summed E-state index contributed by atoms with van der Waals surface area (Å²) in [6.45, 7) is 3.68. The Hall–Kier alpha value is -1.43. The van der Waals surface area contributed by atoms with Crippen molar-refractivity contribution in [1.29, 1.82) is 0 Å². The van der Waals surface area contributed by atoms with E-state index in [1.54, 1.807) is 0 Å². The second-order valence-corrected chi connectivity index (χ2v) is 5.50. The Morgan fingerprint density at radius 3 is 2.44 bits per heavy atom. The Morgan fingerprint density at radius 2 is 1.94 bits per heavy atom. The van der Waals surface area contributed by atoms with Gasteiger partial charge in [-0.25, -0.2) is 8.42 Å². The normalized spacial score (nSPS) is 11.5. The van der Waals surface area contributed by atoms with Gasteiger partial charge in [0.15, 0.2) is 0 Å². The largest absolute Gasteiger partial charge is 0.508 e. The lowest BCUT2D eigenvalue weighted by molar-refractivity contribution is 0.241. The van der Waals surface area contributed by atoms with Crippen LogP contribution in [0.5, 0.6) is 11.5 Å². The molecule has 2 N–H and O–H groups in total. The first-order valence-corrected chi connectivity index (χ1v) is 6.64. The Bertz CT molecular complexity index is 468. The number of aromatic hydroxyl groups is 1. The molecule has 90 valence electrons. The zero-order chi connectivity index (χ0) is 12.3. The fraction of sp³-hybridized carbons (Fsp3) is 0.400. The summed E-state index contributed by atoms with van der Waals surface area (Å²) < 4.78 is 29.6. The molecule has 0 atom stereocenters. The molecule has 0 bridgehead atoms. The van der Waals surface area contributed by atoms with E-state index in [0.717, 1.165) is 6.26 Å². The zero-order valence-corrected chi connectivity index (χ0v) is 10.2. The maximum absolute atomic E-state index is 11.0. The van der Waals surface area contributed by atoms with Crippen LogP contribution >= 0.6 is 0 Å². The van der Waals surface area contributed by atoms with Gasteiger partial charge in [0.2, 0.25) is 10.0 Å². The third-order valence-electron chi connectivity index (χ3n) is 1.57. The third-order valence-corrected chi connectivity index (χ3v) is 2.17. The van der Waals surface area contributed by atoms with E-state index in [4.69, 9.17) is 4.74 Å². The smallest absolute Gasteiger partial charge is 0.229 e. The molecule has 0 aliphatic carbocycles. The Labute approximate surface area is 95.1 Å². The maximum atomic E-state index is 11.0. The van der Waals surface area contributed by atoms with Crippen molar-refractivity contribution in [2.24, 2.45) is 0 Å². The van der Waals surface area contributed by atoms with E-state index in [0.29, 0.717) is 5.75 Å². The summed E-state index contributed by atoms with van der Waals surface area (Å²) >= 11 is 0. The van der Waals surface area contributed by atoms with Gasteiger partial charge in [-0.2, -0.15) is 0 Å². The summed E-state index contributed by atoms with van der Waals surface area (Å²) in [7, 11) is -3.36. The fourth-order valence-corrected chi connectivity index (χ4v) is 1.74. The van der Waals surface area contributed by atoms with Crippen molar-refractivity contribution < 1.29 is 18.3 Å². The number of phenolic OH excluding ortho intramolecular Hbond substituents is 1. The summed E-state index contributed by atoms with van der Waals surface area (Å²) in [4.78, 5) is 0. The number of hydrogen-bond acceptors (Lipinski definition) is 4. The second-order valence-electron chi connectivity index (χ2n) is 3.76. The number of benzene rings is 1. The van der Waals surface area contributed by atoms with Gasteiger partial charge in [-0.05, 0) is 13.8 Å². The van der Waals surface area contributed by atoms with E-state index in [1.807, 2.05) is 13.8 Å². The molecule has 0 saturated heterocycles. The van der Waals surface area contributed by atoms with Crippen LogP contribution in [-0.2, 0) is 10.0 Å². The molecule has 0 saturated carbocycles. The highest BCUT2D eigenvalue weighted by atomic mass is 32.2. The minimum atomic E-state index is -3.36. The van der Waals surface area contributed by atoms with Crippen LogP contribution in [0.15, 0.2) is 18.2 Å². The van der Waals surface area contributed by atoms with Gasteiger partial charge in [0.1, 0.15) is 11.5 Å². The number of rotatable bonds is 4. The molecular formula is C10H15NO4S. The third kappa shape index (κ3) is 4.39. The van der Waals surface area contributed by atoms with E-state index in [2.05, 4.69) is 4.72 Å². The predicted octanol–water partition coefficient (Wildman–Crippen LogP) is 1.55. The molecule has 16 heavy (non-hydrogen) atoms. The lowest BCUT2D eigenvalue weighted by Crippen LogP contribution is -2.10. The maximum Gasteiger partial charge on any atom is 0.229 e. The van der Waals surface area contributed by atoms with E-state index in [1.165, 1.54) is 18.2 Å². The molecule has 1 rings (SSSR count). The fourth-order valence-electron chi connectivity index (χ4n) is 1.20. The number of anilines is 1. The highest BCUT2D eigenvalue weighted by Crippen LogP contribution is 2.26. The quantitative estimate of drug-likeness (QED) is 0.844. The van der Waals surface area contributed by atoms with E-state index < -0.39 is 10.0 Å². The number of sulfonamides is 1. The first kappa shape index (κ1) is 12.6. The van der Waals surface area contributed by atoms with Crippen molar-refractivity contribution in [2.45, 2.75) is 20.0 Å². The number of phenols is 1. The molecule has 0 aliphatic heterocycles. The van der Waals surface area contributed by atoms with Crippen LogP contribution in [0.25, 0.3) is 0 Å². The van der Waals surface area contributed by atoms with Crippen LogP contribution in [0, 0.1) is 0 Å². The highest BCUT2D eigenvalue weighted by Gasteiger charge is 2.06. The molecule has 6 heteroatoms. The minimum Gasteiger partial charge on any atom is -0.508 e. The van der Waals surface area contributed by atoms with E-state index in [-0.39, 0.29) is 17.5 Å². The lowest BCUT2D eigenvalue weighted by Gasteiger charge is -2.12. The molecule has 0 aliphatic rings. The lowest BCUT2D eigenvalue weighted by atomic mass is 10.3. The first-order chi connectivity index (χ1) is 7.26. The average molecular weight is 245 g/mol. The van der Waals surface area contributed by atoms with Gasteiger partial charge in [-0.1, -0.05) is 0 Å².